The molecule has 0 amide bonds. The molecule has 0 aliphatic heterocycles. The zero-order valence-electron chi connectivity index (χ0n) is 14.3. The van der Waals surface area contributed by atoms with Crippen molar-refractivity contribution in [2.24, 2.45) is 0 Å². The van der Waals surface area contributed by atoms with E-state index in [2.05, 4.69) is 42.9 Å². The second-order valence-corrected chi connectivity index (χ2v) is 6.39. The minimum absolute atomic E-state index is 0.626. The lowest BCUT2D eigenvalue weighted by molar-refractivity contribution is -0.917. The Labute approximate surface area is 152 Å². The summed E-state index contributed by atoms with van der Waals surface area (Å²) in [6, 6.07) is 14.3. The Balaban J connectivity index is 1.86. The molecule has 1 N–H and O–H groups in total. The molecule has 0 saturated heterocycles. The van der Waals surface area contributed by atoms with Gasteiger partial charge in [0.1, 0.15) is 6.54 Å². The van der Waals surface area contributed by atoms with Crippen LogP contribution in [0.5, 0.6) is 0 Å². The molecule has 5 nitrogen and oxygen atoms in total. The maximum atomic E-state index is 5.64. The van der Waals surface area contributed by atoms with Gasteiger partial charge in [-0.1, -0.05) is 36.4 Å². The molecule has 1 atom stereocenters. The molecule has 0 bridgehead atoms. The molecule has 3 aromatic rings. The Morgan fingerprint density at radius 1 is 1.20 bits per heavy atom. The molecule has 2 heterocycles. The highest BCUT2D eigenvalue weighted by Crippen LogP contribution is 2.16. The number of nitrogens with zero attached hydrogens (tertiary/aromatic N) is 4. The number of nitrogens with one attached hydrogen (secondary N) is 1. The maximum Gasteiger partial charge on any atom is 0.203 e. The molecule has 128 valence electrons. The van der Waals surface area contributed by atoms with Gasteiger partial charge in [-0.15, -0.1) is 11.7 Å². The van der Waals surface area contributed by atoms with Crippen LogP contribution in [-0.4, -0.2) is 26.4 Å². The van der Waals surface area contributed by atoms with Gasteiger partial charge >= 0.3 is 0 Å². The molecule has 0 fully saturated rings. The largest absolute Gasteiger partial charge is 0.315 e. The van der Waals surface area contributed by atoms with E-state index in [1.54, 1.807) is 6.20 Å². The van der Waals surface area contributed by atoms with E-state index >= 15 is 0 Å². The van der Waals surface area contributed by atoms with Crippen molar-refractivity contribution in [2.75, 3.05) is 7.05 Å². The van der Waals surface area contributed by atoms with Crippen molar-refractivity contribution in [3.05, 3.63) is 77.8 Å². The number of hydrogen-bond acceptors (Lipinski definition) is 3. The van der Waals surface area contributed by atoms with Crippen LogP contribution in [0, 0.1) is 4.77 Å². The van der Waals surface area contributed by atoms with Crippen LogP contribution in [0.3, 0.4) is 0 Å². The van der Waals surface area contributed by atoms with Crippen LogP contribution < -0.4 is 4.90 Å². The van der Waals surface area contributed by atoms with Gasteiger partial charge in [0.05, 0.1) is 7.05 Å². The van der Waals surface area contributed by atoms with E-state index in [1.165, 1.54) is 10.5 Å². The fraction of sp³-hybridized carbons (Fsp3) is 0.211. The lowest BCUT2D eigenvalue weighted by Gasteiger charge is -2.13. The molecule has 1 aromatic carbocycles. The molecular formula is C19H22N5S+. The average Bonchev–Trinajstić information content (AvgIpc) is 2.93. The molecular weight excluding hydrogens is 330 g/mol. The summed E-state index contributed by atoms with van der Waals surface area (Å²) in [5, 5.41) is 4.75. The molecule has 0 radical (unpaired) electrons. The lowest BCUT2D eigenvalue weighted by atomic mass is 10.2. The summed E-state index contributed by atoms with van der Waals surface area (Å²) >= 11 is 5.64. The Bertz CT molecular complexity index is 883. The van der Waals surface area contributed by atoms with Crippen molar-refractivity contribution in [1.82, 2.24) is 19.3 Å². The van der Waals surface area contributed by atoms with Crippen molar-refractivity contribution in [2.45, 2.75) is 19.8 Å². The molecule has 1 unspecified atom stereocenters. The van der Waals surface area contributed by atoms with E-state index in [4.69, 9.17) is 17.3 Å². The highest BCUT2D eigenvalue weighted by molar-refractivity contribution is 7.71. The fourth-order valence-electron chi connectivity index (χ4n) is 2.80. The van der Waals surface area contributed by atoms with Crippen molar-refractivity contribution < 1.29 is 4.90 Å². The summed E-state index contributed by atoms with van der Waals surface area (Å²) in [7, 11) is 2.14. The van der Waals surface area contributed by atoms with Crippen LogP contribution in [0.1, 0.15) is 5.56 Å². The normalized spacial score (nSPS) is 12.0. The predicted molar refractivity (Wildman–Crippen MR) is 102 cm³/mol. The second-order valence-electron chi connectivity index (χ2n) is 6.02. The monoisotopic (exact) mass is 352 g/mol. The SMILES string of the molecule is C=CCn1c(-c2cccnc2)nn(C[NH+](C)Cc2ccccc2)c1=S. The minimum atomic E-state index is 0.626. The highest BCUT2D eigenvalue weighted by atomic mass is 32.1. The lowest BCUT2D eigenvalue weighted by Crippen LogP contribution is -3.07. The number of benzene rings is 1. The molecule has 0 spiro atoms. The summed E-state index contributed by atoms with van der Waals surface area (Å²) in [6.07, 6.45) is 5.40. The van der Waals surface area contributed by atoms with Gasteiger partial charge in [-0.3, -0.25) is 9.55 Å². The quantitative estimate of drug-likeness (QED) is 0.524. The number of aromatic nitrogens is 4. The standard InChI is InChI=1S/C19H21N5S/c1-3-12-23-18(17-10-7-11-20-13-17)21-24(19(23)25)15-22(2)14-16-8-5-4-6-9-16/h3-11,13H,1,12,14-15H2,2H3/p+1. The molecule has 0 saturated carbocycles. The topological polar surface area (TPSA) is 40.1 Å². The first-order valence-electron chi connectivity index (χ1n) is 8.23. The van der Waals surface area contributed by atoms with Crippen molar-refractivity contribution >= 4 is 12.2 Å². The van der Waals surface area contributed by atoms with Crippen LogP contribution in [0.2, 0.25) is 0 Å². The van der Waals surface area contributed by atoms with Gasteiger partial charge in [0.15, 0.2) is 12.5 Å². The average molecular weight is 352 g/mol. The zero-order valence-corrected chi connectivity index (χ0v) is 15.1. The van der Waals surface area contributed by atoms with Gasteiger partial charge in [0.2, 0.25) is 4.77 Å². The molecule has 25 heavy (non-hydrogen) atoms. The maximum absolute atomic E-state index is 5.64. The fourth-order valence-corrected chi connectivity index (χ4v) is 3.07. The van der Waals surface area contributed by atoms with E-state index in [-0.39, 0.29) is 0 Å². The third kappa shape index (κ3) is 4.10. The third-order valence-corrected chi connectivity index (χ3v) is 4.35. The van der Waals surface area contributed by atoms with Crippen molar-refractivity contribution in [3.63, 3.8) is 0 Å². The van der Waals surface area contributed by atoms with E-state index < -0.39 is 0 Å². The third-order valence-electron chi connectivity index (χ3n) is 3.92. The van der Waals surface area contributed by atoms with Gasteiger partial charge in [-0.25, -0.2) is 0 Å². The molecule has 0 aliphatic carbocycles. The van der Waals surface area contributed by atoms with Gasteiger partial charge in [-0.2, -0.15) is 4.68 Å². The first-order chi connectivity index (χ1) is 12.2. The first-order valence-corrected chi connectivity index (χ1v) is 8.64. The summed E-state index contributed by atoms with van der Waals surface area (Å²) in [6.45, 7) is 6.07. The van der Waals surface area contributed by atoms with Crippen molar-refractivity contribution in [1.29, 1.82) is 0 Å². The summed E-state index contributed by atoms with van der Waals surface area (Å²) in [5.41, 5.74) is 2.25. The van der Waals surface area contributed by atoms with E-state index in [0.717, 1.165) is 17.9 Å². The summed E-state index contributed by atoms with van der Waals surface area (Å²) in [4.78, 5) is 5.50. The van der Waals surface area contributed by atoms with Gasteiger partial charge in [-0.05, 0) is 24.4 Å². The number of allylic oxidation sites excluding steroid dienone is 1. The number of quaternary nitrogens is 1. The van der Waals surface area contributed by atoms with Crippen LogP contribution in [0.4, 0.5) is 0 Å². The first kappa shape index (κ1) is 17.3. The Hall–Kier alpha value is -2.57. The summed E-state index contributed by atoms with van der Waals surface area (Å²) < 4.78 is 4.58. The van der Waals surface area contributed by atoms with Gasteiger partial charge < -0.3 is 4.90 Å². The van der Waals surface area contributed by atoms with Crippen molar-refractivity contribution in [3.8, 4) is 11.4 Å². The number of hydrogen-bond donors (Lipinski definition) is 1. The molecule has 0 aliphatic rings. The second kappa shape index (κ2) is 8.00. The Morgan fingerprint density at radius 2 is 2.00 bits per heavy atom. The smallest absolute Gasteiger partial charge is 0.203 e. The van der Waals surface area contributed by atoms with E-state index in [9.17, 15) is 0 Å². The molecule has 6 heteroatoms. The van der Waals surface area contributed by atoms with Crippen LogP contribution >= 0.6 is 12.2 Å². The van der Waals surface area contributed by atoms with Gasteiger partial charge in [0.25, 0.3) is 0 Å². The number of rotatable bonds is 7. The van der Waals surface area contributed by atoms with Crippen LogP contribution in [-0.2, 0) is 19.8 Å². The predicted octanol–water partition coefficient (Wildman–Crippen LogP) is 2.33. The minimum Gasteiger partial charge on any atom is -0.315 e. The Kier molecular flexibility index (Phi) is 5.53. The molecule has 2 aromatic heterocycles. The van der Waals surface area contributed by atoms with E-state index in [0.29, 0.717) is 18.0 Å². The molecule has 3 rings (SSSR count). The van der Waals surface area contributed by atoms with Crippen LogP contribution in [0.15, 0.2) is 67.5 Å². The van der Waals surface area contributed by atoms with E-state index in [1.807, 2.05) is 39.7 Å². The Morgan fingerprint density at radius 3 is 2.68 bits per heavy atom. The van der Waals surface area contributed by atoms with Crippen LogP contribution in [0.25, 0.3) is 11.4 Å². The van der Waals surface area contributed by atoms with Gasteiger partial charge in [0, 0.05) is 30.1 Å². The summed E-state index contributed by atoms with van der Waals surface area (Å²) in [5.74, 6) is 0.825. The number of pyridine rings is 1. The zero-order chi connectivity index (χ0) is 17.6. The highest BCUT2D eigenvalue weighted by Gasteiger charge is 2.14.